The maximum Gasteiger partial charge on any atom is 0.235 e. The normalized spacial score (nSPS) is 13.5. The largest absolute Gasteiger partial charge is 0.380 e. The zero-order chi connectivity index (χ0) is 14.5. The summed E-state index contributed by atoms with van der Waals surface area (Å²) < 4.78 is 7.02. The molecule has 0 aliphatic heterocycles. The van der Waals surface area contributed by atoms with Crippen LogP contribution in [0.5, 0.6) is 0 Å². The Morgan fingerprint density at radius 1 is 1.58 bits per heavy atom. The molecule has 0 saturated carbocycles. The van der Waals surface area contributed by atoms with Gasteiger partial charge in [0.2, 0.25) is 6.54 Å². The van der Waals surface area contributed by atoms with Gasteiger partial charge in [0, 0.05) is 25.8 Å². The van der Waals surface area contributed by atoms with E-state index >= 15 is 0 Å². The van der Waals surface area contributed by atoms with Crippen LogP contribution in [0.2, 0.25) is 25.7 Å². The zero-order valence-electron chi connectivity index (χ0n) is 11.6. The molecule has 19 heavy (non-hydrogen) atoms. The Labute approximate surface area is 113 Å². The van der Waals surface area contributed by atoms with Gasteiger partial charge in [-0.1, -0.05) is 19.6 Å². The van der Waals surface area contributed by atoms with Gasteiger partial charge < -0.3 is 9.84 Å². The lowest BCUT2D eigenvalue weighted by atomic mass is 10.3. The summed E-state index contributed by atoms with van der Waals surface area (Å²) in [6.07, 6.45) is 0.478. The van der Waals surface area contributed by atoms with Crippen molar-refractivity contribution in [2.45, 2.75) is 38.5 Å². The minimum Gasteiger partial charge on any atom is -0.380 e. The summed E-state index contributed by atoms with van der Waals surface area (Å²) in [7, 11) is -1.10. The van der Waals surface area contributed by atoms with Crippen molar-refractivity contribution in [2.75, 3.05) is 13.2 Å². The first-order valence-electron chi connectivity index (χ1n) is 6.19. The molecular formula is C11H21N3O4Si. The molecule has 0 spiro atoms. The average Bonchev–Trinajstić information content (AvgIpc) is 2.71. The summed E-state index contributed by atoms with van der Waals surface area (Å²) in [6, 6.07) is 2.64. The number of aliphatic hydroxyl groups is 1. The summed E-state index contributed by atoms with van der Waals surface area (Å²) in [5.74, 6) is 0. The summed E-state index contributed by atoms with van der Waals surface area (Å²) >= 11 is 0. The highest BCUT2D eigenvalue weighted by molar-refractivity contribution is 6.76. The molecule has 1 atom stereocenters. The number of hydrogen-bond donors (Lipinski definition) is 1. The predicted molar refractivity (Wildman–Crippen MR) is 73.2 cm³/mol. The quantitative estimate of drug-likeness (QED) is 0.339. The van der Waals surface area contributed by atoms with Crippen LogP contribution in [0.3, 0.4) is 0 Å². The van der Waals surface area contributed by atoms with Crippen LogP contribution in [0.4, 0.5) is 0 Å². The first kappa shape index (κ1) is 15.8. The van der Waals surface area contributed by atoms with E-state index in [0.29, 0.717) is 19.0 Å². The third-order valence-corrected chi connectivity index (χ3v) is 4.25. The lowest BCUT2D eigenvalue weighted by molar-refractivity contribution is -0.491. The van der Waals surface area contributed by atoms with Gasteiger partial charge in [-0.15, -0.1) is 0 Å². The van der Waals surface area contributed by atoms with Crippen LogP contribution >= 0.6 is 0 Å². The molecule has 0 aliphatic rings. The summed E-state index contributed by atoms with van der Waals surface area (Å²) in [4.78, 5) is 9.72. The Hall–Kier alpha value is -1.25. The highest BCUT2D eigenvalue weighted by atomic mass is 28.3. The standard InChI is InChI=1S/C11H21N3O4Si/c1-19(2,3)7-6-18-9-13-5-4-10(12-13)11(15)8-14(16)17/h4-5,11,15H,6-9H2,1-3H3/t11-/m1/s1. The number of nitro groups is 1. The Balaban J connectivity index is 2.36. The minimum atomic E-state index is -1.17. The minimum absolute atomic E-state index is 0.297. The maximum absolute atomic E-state index is 10.3. The topological polar surface area (TPSA) is 90.4 Å². The fourth-order valence-corrected chi connectivity index (χ4v) is 2.15. The molecule has 8 heteroatoms. The third kappa shape index (κ3) is 6.46. The molecule has 0 unspecified atom stereocenters. The van der Waals surface area contributed by atoms with Crippen LogP contribution in [0, 0.1) is 10.1 Å². The molecular weight excluding hydrogens is 266 g/mol. The van der Waals surface area contributed by atoms with Crippen molar-refractivity contribution in [3.8, 4) is 0 Å². The van der Waals surface area contributed by atoms with Gasteiger partial charge in [-0.05, 0) is 12.1 Å². The molecule has 1 aromatic heterocycles. The molecule has 0 fully saturated rings. The van der Waals surface area contributed by atoms with Gasteiger partial charge in [-0.25, -0.2) is 4.68 Å². The number of rotatable bonds is 8. The first-order chi connectivity index (χ1) is 8.78. The summed E-state index contributed by atoms with van der Waals surface area (Å²) in [5.41, 5.74) is 0.297. The van der Waals surface area contributed by atoms with E-state index < -0.39 is 25.6 Å². The van der Waals surface area contributed by atoms with Crippen LogP contribution in [0.15, 0.2) is 12.3 Å². The zero-order valence-corrected chi connectivity index (χ0v) is 12.6. The van der Waals surface area contributed by atoms with E-state index in [4.69, 9.17) is 4.74 Å². The van der Waals surface area contributed by atoms with Gasteiger partial charge in [0.1, 0.15) is 6.73 Å². The molecule has 0 aromatic carbocycles. The van der Waals surface area contributed by atoms with E-state index in [1.807, 2.05) is 0 Å². The SMILES string of the molecule is C[Si](C)(C)CCOCn1ccc([C@H](O)C[N+](=O)[O-])n1. The molecule has 108 valence electrons. The highest BCUT2D eigenvalue weighted by Gasteiger charge is 2.17. The molecule has 0 bridgehead atoms. The van der Waals surface area contributed by atoms with Crippen LogP contribution in [-0.2, 0) is 11.5 Å². The van der Waals surface area contributed by atoms with Crippen LogP contribution in [0.1, 0.15) is 11.8 Å². The molecule has 0 amide bonds. The molecule has 1 N–H and O–H groups in total. The van der Waals surface area contributed by atoms with Gasteiger partial charge in [0.25, 0.3) is 0 Å². The predicted octanol–water partition coefficient (Wildman–Crippen LogP) is 1.51. The van der Waals surface area contributed by atoms with E-state index in [0.717, 1.165) is 6.04 Å². The highest BCUT2D eigenvalue weighted by Crippen LogP contribution is 2.10. The maximum atomic E-state index is 10.3. The second-order valence-electron chi connectivity index (χ2n) is 5.66. The molecule has 1 aromatic rings. The van der Waals surface area contributed by atoms with Crippen molar-refractivity contribution in [3.63, 3.8) is 0 Å². The fraction of sp³-hybridized carbons (Fsp3) is 0.727. The van der Waals surface area contributed by atoms with Gasteiger partial charge in [-0.2, -0.15) is 5.10 Å². The Bertz CT molecular complexity index is 416. The van der Waals surface area contributed by atoms with Gasteiger partial charge in [0.15, 0.2) is 6.10 Å². The van der Waals surface area contributed by atoms with Crippen molar-refractivity contribution in [3.05, 3.63) is 28.1 Å². The van der Waals surface area contributed by atoms with Crippen molar-refractivity contribution >= 4 is 8.07 Å². The van der Waals surface area contributed by atoms with Gasteiger partial charge >= 0.3 is 0 Å². The lowest BCUT2D eigenvalue weighted by Crippen LogP contribution is -2.22. The van der Waals surface area contributed by atoms with Crippen LogP contribution in [-0.4, -0.2) is 41.0 Å². The molecule has 1 rings (SSSR count). The summed E-state index contributed by atoms with van der Waals surface area (Å²) in [6.45, 7) is 7.27. The number of hydrogen-bond acceptors (Lipinski definition) is 5. The molecule has 0 aliphatic carbocycles. The van der Waals surface area contributed by atoms with Crippen LogP contribution < -0.4 is 0 Å². The van der Waals surface area contributed by atoms with E-state index in [1.165, 1.54) is 4.68 Å². The van der Waals surface area contributed by atoms with E-state index in [2.05, 4.69) is 24.7 Å². The third-order valence-electron chi connectivity index (χ3n) is 2.54. The second kappa shape index (κ2) is 6.78. The lowest BCUT2D eigenvalue weighted by Gasteiger charge is -2.15. The Kier molecular flexibility index (Phi) is 5.64. The Morgan fingerprint density at radius 3 is 2.84 bits per heavy atom. The molecule has 0 radical (unpaired) electrons. The van der Waals surface area contributed by atoms with Crippen LogP contribution in [0.25, 0.3) is 0 Å². The number of aliphatic hydroxyl groups excluding tert-OH is 1. The van der Waals surface area contributed by atoms with Crippen molar-refractivity contribution in [1.82, 2.24) is 9.78 Å². The fourth-order valence-electron chi connectivity index (χ4n) is 1.40. The van der Waals surface area contributed by atoms with Crippen molar-refractivity contribution < 1.29 is 14.8 Å². The molecule has 1 heterocycles. The van der Waals surface area contributed by atoms with Gasteiger partial charge in [0.05, 0.1) is 5.69 Å². The van der Waals surface area contributed by atoms with E-state index in [1.54, 1.807) is 12.3 Å². The van der Waals surface area contributed by atoms with E-state index in [9.17, 15) is 15.2 Å². The monoisotopic (exact) mass is 287 g/mol. The second-order valence-corrected chi connectivity index (χ2v) is 11.3. The Morgan fingerprint density at radius 2 is 2.26 bits per heavy atom. The number of aromatic nitrogens is 2. The smallest absolute Gasteiger partial charge is 0.235 e. The van der Waals surface area contributed by atoms with Crippen molar-refractivity contribution in [1.29, 1.82) is 0 Å². The molecule has 0 saturated heterocycles. The average molecular weight is 287 g/mol. The van der Waals surface area contributed by atoms with Gasteiger partial charge in [-0.3, -0.25) is 10.1 Å². The molecule has 7 nitrogen and oxygen atoms in total. The van der Waals surface area contributed by atoms with Crippen molar-refractivity contribution in [2.24, 2.45) is 0 Å². The summed E-state index contributed by atoms with van der Waals surface area (Å²) in [5, 5.41) is 23.9. The number of nitrogens with zero attached hydrogens (tertiary/aromatic N) is 3. The first-order valence-corrected chi connectivity index (χ1v) is 9.89. The van der Waals surface area contributed by atoms with E-state index in [-0.39, 0.29) is 0 Å². The number of ether oxygens (including phenoxy) is 1.